The molecule has 3 fully saturated rings. The molecule has 4 rings (SSSR count). The van der Waals surface area contributed by atoms with Gasteiger partial charge in [0.2, 0.25) is 0 Å². The number of nitrogens with zero attached hydrogens (tertiary/aromatic N) is 2. The molecule has 0 aromatic heterocycles. The highest BCUT2D eigenvalue weighted by Crippen LogP contribution is 2.26. The highest BCUT2D eigenvalue weighted by atomic mass is 16.5. The number of benzene rings is 1. The normalized spacial score (nSPS) is 22.3. The molecule has 1 aromatic rings. The molecule has 1 saturated carbocycles. The Bertz CT molecular complexity index is 706. The van der Waals surface area contributed by atoms with Gasteiger partial charge in [-0.25, -0.2) is 4.99 Å². The Kier molecular flexibility index (Phi) is 9.24. The Hall–Kier alpha value is -1.63. The summed E-state index contributed by atoms with van der Waals surface area (Å²) in [4.78, 5) is 7.61. The Balaban J connectivity index is 1.25. The lowest BCUT2D eigenvalue weighted by atomic mass is 10.0. The fourth-order valence-corrected chi connectivity index (χ4v) is 5.24. The first kappa shape index (κ1) is 23.5. The van der Waals surface area contributed by atoms with Crippen LogP contribution in [0.4, 0.5) is 0 Å². The zero-order valence-electron chi connectivity index (χ0n) is 19.9. The van der Waals surface area contributed by atoms with Gasteiger partial charge in [0.15, 0.2) is 5.96 Å². The Labute approximate surface area is 194 Å². The molecule has 6 nitrogen and oxygen atoms in total. The van der Waals surface area contributed by atoms with E-state index in [2.05, 4.69) is 46.7 Å². The van der Waals surface area contributed by atoms with Crippen LogP contribution in [0.2, 0.25) is 0 Å². The molecule has 0 spiro atoms. The summed E-state index contributed by atoms with van der Waals surface area (Å²) in [5.41, 5.74) is 2.45. The average Bonchev–Trinajstić information content (AvgIpc) is 3.38. The van der Waals surface area contributed by atoms with E-state index < -0.39 is 0 Å². The molecule has 2 saturated heterocycles. The highest BCUT2D eigenvalue weighted by molar-refractivity contribution is 5.80. The zero-order valence-corrected chi connectivity index (χ0v) is 19.9. The van der Waals surface area contributed by atoms with Gasteiger partial charge in [-0.3, -0.25) is 0 Å². The van der Waals surface area contributed by atoms with Crippen molar-refractivity contribution in [1.82, 2.24) is 15.5 Å². The number of hydrogen-bond acceptors (Lipinski definition) is 4. The van der Waals surface area contributed by atoms with Gasteiger partial charge in [-0.05, 0) is 56.6 Å². The molecule has 1 aliphatic carbocycles. The molecular formula is C26H42N4O2. The van der Waals surface area contributed by atoms with Crippen LogP contribution < -0.4 is 10.6 Å². The van der Waals surface area contributed by atoms with Gasteiger partial charge in [-0.15, -0.1) is 0 Å². The molecule has 0 amide bonds. The van der Waals surface area contributed by atoms with Crippen molar-refractivity contribution in [2.45, 2.75) is 89.6 Å². The first-order chi connectivity index (χ1) is 15.8. The van der Waals surface area contributed by atoms with E-state index in [0.717, 1.165) is 44.6 Å². The van der Waals surface area contributed by atoms with E-state index in [-0.39, 0.29) is 0 Å². The van der Waals surface area contributed by atoms with Crippen LogP contribution in [0.3, 0.4) is 0 Å². The Morgan fingerprint density at radius 2 is 1.81 bits per heavy atom. The molecule has 32 heavy (non-hydrogen) atoms. The predicted molar refractivity (Wildman–Crippen MR) is 130 cm³/mol. The minimum atomic E-state index is 0.329. The number of piperidine rings is 1. The monoisotopic (exact) mass is 442 g/mol. The summed E-state index contributed by atoms with van der Waals surface area (Å²) >= 11 is 0. The van der Waals surface area contributed by atoms with Gasteiger partial charge in [-0.1, -0.05) is 37.1 Å². The maximum absolute atomic E-state index is 6.09. The van der Waals surface area contributed by atoms with Crippen LogP contribution in [-0.2, 0) is 22.6 Å². The van der Waals surface area contributed by atoms with Crippen LogP contribution in [0.1, 0.15) is 69.4 Å². The SMILES string of the molecule is CCNC(=NCc1cccc(COC2CCOCC2)c1)NC1CCN(C2CCCC2)CC1. The standard InChI is InChI=1S/C26H42N4O2/c1-2-27-26(29-23-10-14-30(15-11-23)24-8-3-4-9-24)28-19-21-6-5-7-22(18-21)20-32-25-12-16-31-17-13-25/h5-7,18,23-25H,2-4,8-17,19-20H2,1H3,(H2,27,28,29). The van der Waals surface area contributed by atoms with E-state index in [0.29, 0.717) is 25.3 Å². The van der Waals surface area contributed by atoms with E-state index in [4.69, 9.17) is 14.5 Å². The van der Waals surface area contributed by atoms with Gasteiger partial charge in [0.25, 0.3) is 0 Å². The van der Waals surface area contributed by atoms with Gasteiger partial charge >= 0.3 is 0 Å². The molecule has 0 radical (unpaired) electrons. The largest absolute Gasteiger partial charge is 0.381 e. The van der Waals surface area contributed by atoms with Crippen LogP contribution in [0.25, 0.3) is 0 Å². The molecule has 0 bridgehead atoms. The summed E-state index contributed by atoms with van der Waals surface area (Å²) < 4.78 is 11.5. The smallest absolute Gasteiger partial charge is 0.191 e. The lowest BCUT2D eigenvalue weighted by molar-refractivity contribution is -0.0390. The third kappa shape index (κ3) is 7.19. The zero-order chi connectivity index (χ0) is 22.0. The number of ether oxygens (including phenoxy) is 2. The average molecular weight is 443 g/mol. The van der Waals surface area contributed by atoms with E-state index in [9.17, 15) is 0 Å². The maximum atomic E-state index is 6.09. The Morgan fingerprint density at radius 1 is 1.06 bits per heavy atom. The third-order valence-corrected chi connectivity index (χ3v) is 7.12. The molecule has 0 atom stereocenters. The lowest BCUT2D eigenvalue weighted by Gasteiger charge is -2.36. The molecule has 0 unspecified atom stereocenters. The Morgan fingerprint density at radius 3 is 2.56 bits per heavy atom. The minimum Gasteiger partial charge on any atom is -0.381 e. The summed E-state index contributed by atoms with van der Waals surface area (Å²) in [5, 5.41) is 7.13. The number of likely N-dealkylation sites (tertiary alicyclic amines) is 1. The van der Waals surface area contributed by atoms with E-state index in [1.807, 2.05) is 0 Å². The predicted octanol–water partition coefficient (Wildman–Crippen LogP) is 3.84. The van der Waals surface area contributed by atoms with Crippen molar-refractivity contribution in [3.8, 4) is 0 Å². The highest BCUT2D eigenvalue weighted by Gasteiger charge is 2.27. The fourth-order valence-electron chi connectivity index (χ4n) is 5.24. The second kappa shape index (κ2) is 12.6. The van der Waals surface area contributed by atoms with Crippen LogP contribution in [-0.4, -0.2) is 61.9 Å². The van der Waals surface area contributed by atoms with Crippen molar-refractivity contribution in [3.05, 3.63) is 35.4 Å². The number of guanidine groups is 1. The van der Waals surface area contributed by atoms with Crippen LogP contribution in [0.15, 0.2) is 29.3 Å². The number of aliphatic imine (C=N–C) groups is 1. The summed E-state index contributed by atoms with van der Waals surface area (Å²) in [6.45, 7) is 8.44. The summed E-state index contributed by atoms with van der Waals surface area (Å²) in [5.74, 6) is 0.940. The van der Waals surface area contributed by atoms with Crippen molar-refractivity contribution in [3.63, 3.8) is 0 Å². The molecular weight excluding hydrogens is 400 g/mol. The molecule has 1 aromatic carbocycles. The second-order valence-corrected chi connectivity index (χ2v) is 9.53. The van der Waals surface area contributed by atoms with Gasteiger partial charge in [-0.2, -0.15) is 0 Å². The maximum Gasteiger partial charge on any atom is 0.191 e. The van der Waals surface area contributed by atoms with E-state index >= 15 is 0 Å². The van der Waals surface area contributed by atoms with Crippen LogP contribution >= 0.6 is 0 Å². The first-order valence-electron chi connectivity index (χ1n) is 12.9. The van der Waals surface area contributed by atoms with Gasteiger partial charge in [0, 0.05) is 44.9 Å². The van der Waals surface area contributed by atoms with Crippen molar-refractivity contribution >= 4 is 5.96 Å². The quantitative estimate of drug-likeness (QED) is 0.473. The number of nitrogens with one attached hydrogen (secondary N) is 2. The lowest BCUT2D eigenvalue weighted by Crippen LogP contribution is -2.50. The molecule has 6 heteroatoms. The molecule has 3 aliphatic rings. The minimum absolute atomic E-state index is 0.329. The summed E-state index contributed by atoms with van der Waals surface area (Å²) in [6, 6.07) is 10.0. The molecule has 2 N–H and O–H groups in total. The van der Waals surface area contributed by atoms with Crippen molar-refractivity contribution in [2.24, 2.45) is 4.99 Å². The van der Waals surface area contributed by atoms with Crippen LogP contribution in [0.5, 0.6) is 0 Å². The van der Waals surface area contributed by atoms with E-state index in [1.165, 1.54) is 62.7 Å². The molecule has 2 aliphatic heterocycles. The third-order valence-electron chi connectivity index (χ3n) is 7.12. The summed E-state index contributed by atoms with van der Waals surface area (Å²) in [7, 11) is 0. The van der Waals surface area contributed by atoms with Gasteiger partial charge in [0.05, 0.1) is 19.3 Å². The second-order valence-electron chi connectivity index (χ2n) is 9.53. The van der Waals surface area contributed by atoms with E-state index in [1.54, 1.807) is 0 Å². The fraction of sp³-hybridized carbons (Fsp3) is 0.731. The number of hydrogen-bond donors (Lipinski definition) is 2. The van der Waals surface area contributed by atoms with Crippen LogP contribution in [0, 0.1) is 0 Å². The molecule has 178 valence electrons. The van der Waals surface area contributed by atoms with Crippen molar-refractivity contribution < 1.29 is 9.47 Å². The molecule has 2 heterocycles. The number of rotatable bonds is 8. The first-order valence-corrected chi connectivity index (χ1v) is 12.9. The van der Waals surface area contributed by atoms with Gasteiger partial charge < -0.3 is 25.0 Å². The summed E-state index contributed by atoms with van der Waals surface area (Å²) in [6.07, 6.45) is 10.4. The van der Waals surface area contributed by atoms with Gasteiger partial charge in [0.1, 0.15) is 0 Å². The van der Waals surface area contributed by atoms with Crippen molar-refractivity contribution in [1.29, 1.82) is 0 Å². The van der Waals surface area contributed by atoms with Crippen molar-refractivity contribution in [2.75, 3.05) is 32.8 Å². The topological polar surface area (TPSA) is 58.1 Å².